The number of thioether (sulfide) groups is 1. The van der Waals surface area contributed by atoms with Crippen molar-refractivity contribution in [1.82, 2.24) is 19.1 Å². The molecule has 4 nitrogen and oxygen atoms in total. The standard InChI is InChI=1S/C23H20N4S/c1-2-26-20-14-8-6-12-18(20)25-23(26)28-16-22-24-19-13-7-9-15-21(19)27(22)17-10-4-3-5-11-17/h3-15H,2,16H2,1H3. The molecule has 0 N–H and O–H groups in total. The van der Waals surface area contributed by atoms with Crippen molar-refractivity contribution in [2.24, 2.45) is 0 Å². The first-order chi connectivity index (χ1) is 13.8. The molecule has 2 heterocycles. The smallest absolute Gasteiger partial charge is 0.169 e. The van der Waals surface area contributed by atoms with Crippen LogP contribution in [-0.4, -0.2) is 19.1 Å². The van der Waals surface area contributed by atoms with Crippen LogP contribution in [0.4, 0.5) is 0 Å². The molecule has 2 aromatic heterocycles. The van der Waals surface area contributed by atoms with Gasteiger partial charge in [0.05, 0.1) is 27.8 Å². The van der Waals surface area contributed by atoms with Crippen molar-refractivity contribution in [2.45, 2.75) is 24.4 Å². The van der Waals surface area contributed by atoms with Gasteiger partial charge >= 0.3 is 0 Å². The third-order valence-corrected chi connectivity index (χ3v) is 5.88. The Morgan fingerprint density at radius 1 is 0.750 bits per heavy atom. The number of aromatic nitrogens is 4. The maximum absolute atomic E-state index is 4.92. The summed E-state index contributed by atoms with van der Waals surface area (Å²) in [7, 11) is 0. The SMILES string of the molecule is CCn1c(SCc2nc3ccccc3n2-c2ccccc2)nc2ccccc21. The number of rotatable bonds is 5. The molecular weight excluding hydrogens is 364 g/mol. The van der Waals surface area contributed by atoms with Crippen LogP contribution in [0, 0.1) is 0 Å². The highest BCUT2D eigenvalue weighted by atomic mass is 32.2. The van der Waals surface area contributed by atoms with Gasteiger partial charge in [-0.05, 0) is 43.3 Å². The van der Waals surface area contributed by atoms with Crippen LogP contribution >= 0.6 is 11.8 Å². The van der Waals surface area contributed by atoms with Gasteiger partial charge in [-0.1, -0.05) is 54.2 Å². The number of imidazole rings is 2. The van der Waals surface area contributed by atoms with Crippen molar-refractivity contribution in [2.75, 3.05) is 0 Å². The second-order valence-corrected chi connectivity index (χ2v) is 7.55. The fraction of sp³-hybridized carbons (Fsp3) is 0.130. The minimum Gasteiger partial charge on any atom is -0.319 e. The lowest BCUT2D eigenvalue weighted by Crippen LogP contribution is -2.01. The molecule has 0 bridgehead atoms. The first-order valence-corrected chi connectivity index (χ1v) is 10.4. The molecule has 0 saturated carbocycles. The van der Waals surface area contributed by atoms with Crippen LogP contribution in [-0.2, 0) is 12.3 Å². The molecule has 5 heteroatoms. The molecule has 0 radical (unpaired) electrons. The number of fused-ring (bicyclic) bond motifs is 2. The molecule has 0 amide bonds. The summed E-state index contributed by atoms with van der Waals surface area (Å²) in [6.45, 7) is 3.06. The Morgan fingerprint density at radius 3 is 2.14 bits per heavy atom. The lowest BCUT2D eigenvalue weighted by molar-refractivity contribution is 0.702. The number of para-hydroxylation sites is 5. The molecule has 28 heavy (non-hydrogen) atoms. The van der Waals surface area contributed by atoms with Crippen LogP contribution in [0.15, 0.2) is 84.0 Å². The number of hydrogen-bond donors (Lipinski definition) is 0. The molecule has 0 aliphatic carbocycles. The van der Waals surface area contributed by atoms with Gasteiger partial charge < -0.3 is 4.57 Å². The quantitative estimate of drug-likeness (QED) is 0.365. The Bertz CT molecular complexity index is 1250. The van der Waals surface area contributed by atoms with Gasteiger partial charge in [-0.3, -0.25) is 4.57 Å². The third-order valence-electron chi connectivity index (χ3n) is 4.91. The van der Waals surface area contributed by atoms with Crippen molar-refractivity contribution in [3.05, 3.63) is 84.7 Å². The molecule has 0 fully saturated rings. The van der Waals surface area contributed by atoms with Crippen LogP contribution in [0.2, 0.25) is 0 Å². The van der Waals surface area contributed by atoms with Crippen molar-refractivity contribution in [3.8, 4) is 5.69 Å². The first-order valence-electron chi connectivity index (χ1n) is 9.45. The number of aryl methyl sites for hydroxylation is 1. The average molecular weight is 385 g/mol. The van der Waals surface area contributed by atoms with Crippen LogP contribution in [0.1, 0.15) is 12.7 Å². The van der Waals surface area contributed by atoms with E-state index in [1.165, 1.54) is 5.52 Å². The van der Waals surface area contributed by atoms with E-state index in [1.54, 1.807) is 11.8 Å². The molecule has 3 aromatic carbocycles. The molecule has 0 aliphatic rings. The summed E-state index contributed by atoms with van der Waals surface area (Å²) in [5.74, 6) is 1.79. The van der Waals surface area contributed by atoms with Crippen LogP contribution < -0.4 is 0 Å². The highest BCUT2D eigenvalue weighted by Crippen LogP contribution is 2.29. The van der Waals surface area contributed by atoms with E-state index in [0.717, 1.165) is 45.5 Å². The Labute approximate surface area is 167 Å². The molecule has 0 unspecified atom stereocenters. The summed E-state index contributed by atoms with van der Waals surface area (Å²) in [6.07, 6.45) is 0. The van der Waals surface area contributed by atoms with Crippen LogP contribution in [0.25, 0.3) is 27.8 Å². The van der Waals surface area contributed by atoms with Gasteiger partial charge in [-0.2, -0.15) is 0 Å². The Morgan fingerprint density at radius 2 is 1.39 bits per heavy atom. The highest BCUT2D eigenvalue weighted by molar-refractivity contribution is 7.98. The van der Waals surface area contributed by atoms with Crippen molar-refractivity contribution < 1.29 is 0 Å². The lowest BCUT2D eigenvalue weighted by atomic mass is 10.3. The van der Waals surface area contributed by atoms with Crippen molar-refractivity contribution in [1.29, 1.82) is 0 Å². The second-order valence-electron chi connectivity index (χ2n) is 6.60. The van der Waals surface area contributed by atoms with Crippen molar-refractivity contribution in [3.63, 3.8) is 0 Å². The zero-order valence-corrected chi connectivity index (χ0v) is 16.4. The second kappa shape index (κ2) is 7.17. The zero-order chi connectivity index (χ0) is 18.9. The number of benzene rings is 3. The summed E-state index contributed by atoms with van der Waals surface area (Å²) in [5, 5.41) is 1.04. The van der Waals surface area contributed by atoms with Gasteiger partial charge in [0.25, 0.3) is 0 Å². The normalized spacial score (nSPS) is 11.5. The third kappa shape index (κ3) is 2.88. The number of hydrogen-bond acceptors (Lipinski definition) is 3. The van der Waals surface area contributed by atoms with Crippen LogP contribution in [0.3, 0.4) is 0 Å². The van der Waals surface area contributed by atoms with E-state index in [1.807, 2.05) is 18.2 Å². The fourth-order valence-corrected chi connectivity index (χ4v) is 4.63. The van der Waals surface area contributed by atoms with Gasteiger partial charge in [0, 0.05) is 12.2 Å². The monoisotopic (exact) mass is 384 g/mol. The Balaban J connectivity index is 1.56. The maximum Gasteiger partial charge on any atom is 0.169 e. The highest BCUT2D eigenvalue weighted by Gasteiger charge is 2.15. The summed E-state index contributed by atoms with van der Waals surface area (Å²) in [5.41, 5.74) is 5.52. The topological polar surface area (TPSA) is 35.6 Å². The van der Waals surface area contributed by atoms with E-state index in [9.17, 15) is 0 Å². The van der Waals surface area contributed by atoms with Crippen LogP contribution in [0.5, 0.6) is 0 Å². The predicted molar refractivity (Wildman–Crippen MR) is 116 cm³/mol. The Hall–Kier alpha value is -3.05. The Kier molecular flexibility index (Phi) is 4.37. The van der Waals surface area contributed by atoms with Crippen molar-refractivity contribution >= 4 is 33.8 Å². The summed E-state index contributed by atoms with van der Waals surface area (Å²) < 4.78 is 4.52. The summed E-state index contributed by atoms with van der Waals surface area (Å²) in [6, 6.07) is 27.1. The number of nitrogens with zero attached hydrogens (tertiary/aromatic N) is 4. The molecule has 0 atom stereocenters. The van der Waals surface area contributed by atoms with Gasteiger partial charge in [0.2, 0.25) is 0 Å². The van der Waals surface area contributed by atoms with Gasteiger partial charge in [-0.15, -0.1) is 0 Å². The summed E-state index contributed by atoms with van der Waals surface area (Å²) >= 11 is 1.74. The zero-order valence-electron chi connectivity index (χ0n) is 15.6. The van der Waals surface area contributed by atoms with E-state index >= 15 is 0 Å². The largest absolute Gasteiger partial charge is 0.319 e. The van der Waals surface area contributed by atoms with Gasteiger partial charge in [0.1, 0.15) is 5.82 Å². The molecule has 5 rings (SSSR count). The predicted octanol–water partition coefficient (Wildman–Crippen LogP) is 5.69. The summed E-state index contributed by atoms with van der Waals surface area (Å²) in [4.78, 5) is 9.76. The molecule has 0 saturated heterocycles. The first kappa shape index (κ1) is 17.1. The van der Waals surface area contributed by atoms with E-state index in [2.05, 4.69) is 76.7 Å². The van der Waals surface area contributed by atoms with Gasteiger partial charge in [-0.25, -0.2) is 9.97 Å². The van der Waals surface area contributed by atoms with E-state index in [0.29, 0.717) is 0 Å². The maximum atomic E-state index is 4.92. The van der Waals surface area contributed by atoms with E-state index in [-0.39, 0.29) is 0 Å². The average Bonchev–Trinajstić information content (AvgIpc) is 3.30. The van der Waals surface area contributed by atoms with Gasteiger partial charge in [0.15, 0.2) is 5.16 Å². The molecule has 138 valence electrons. The lowest BCUT2D eigenvalue weighted by Gasteiger charge is -2.10. The minimum atomic E-state index is 0.757. The fourth-order valence-electron chi connectivity index (χ4n) is 3.64. The molecule has 0 aliphatic heterocycles. The van der Waals surface area contributed by atoms with E-state index < -0.39 is 0 Å². The molecular formula is C23H20N4S. The minimum absolute atomic E-state index is 0.757. The molecule has 5 aromatic rings. The molecule has 0 spiro atoms. The van der Waals surface area contributed by atoms with E-state index in [4.69, 9.17) is 9.97 Å².